The lowest BCUT2D eigenvalue weighted by molar-refractivity contribution is 0.0243. The van der Waals surface area contributed by atoms with Gasteiger partial charge >= 0.3 is 0 Å². The van der Waals surface area contributed by atoms with Crippen LogP contribution in [-0.2, 0) is 14.6 Å². The predicted molar refractivity (Wildman–Crippen MR) is 83.5 cm³/mol. The van der Waals surface area contributed by atoms with Gasteiger partial charge in [-0.05, 0) is 19.1 Å². The monoisotopic (exact) mass is 326 g/mol. The van der Waals surface area contributed by atoms with Crippen molar-refractivity contribution in [2.75, 3.05) is 32.1 Å². The second kappa shape index (κ2) is 6.00. The van der Waals surface area contributed by atoms with E-state index in [1.54, 1.807) is 0 Å². The van der Waals surface area contributed by atoms with Crippen LogP contribution in [0.5, 0.6) is 0 Å². The van der Waals surface area contributed by atoms with Gasteiger partial charge in [0, 0.05) is 19.1 Å². The third-order valence-electron chi connectivity index (χ3n) is 3.67. The lowest BCUT2D eigenvalue weighted by Crippen LogP contribution is -2.45. The summed E-state index contributed by atoms with van der Waals surface area (Å²) >= 11 is 1.25. The Morgan fingerprint density at radius 2 is 2.05 bits per heavy atom. The molecule has 1 fully saturated rings. The molecule has 0 radical (unpaired) electrons. The first-order valence-corrected chi connectivity index (χ1v) is 9.43. The molecule has 0 N–H and O–H groups in total. The topological polar surface area (TPSA) is 59.5 Å². The summed E-state index contributed by atoms with van der Waals surface area (Å²) in [6.07, 6.45) is 0. The summed E-state index contributed by atoms with van der Waals surface area (Å²) in [7, 11) is -3.35. The number of rotatable bonds is 4. The third-order valence-corrected chi connectivity index (χ3v) is 7.06. The highest BCUT2D eigenvalue weighted by Gasteiger charge is 2.26. The Balaban J connectivity index is 1.79. The van der Waals surface area contributed by atoms with Crippen LogP contribution in [-0.4, -0.2) is 56.4 Å². The normalized spacial score (nSPS) is 18.9. The summed E-state index contributed by atoms with van der Waals surface area (Å²) in [6.45, 7) is 4.88. The fraction of sp³-hybridized carbons (Fsp3) is 0.500. The largest absolute Gasteiger partial charge is 0.379 e. The van der Waals surface area contributed by atoms with E-state index in [2.05, 4.69) is 9.88 Å². The number of thiazole rings is 1. The Kier molecular flexibility index (Phi) is 4.26. The van der Waals surface area contributed by atoms with Gasteiger partial charge in [0.2, 0.25) is 14.2 Å². The van der Waals surface area contributed by atoms with Gasteiger partial charge in [-0.25, -0.2) is 13.4 Å². The van der Waals surface area contributed by atoms with Crippen LogP contribution in [0.1, 0.15) is 6.92 Å². The second-order valence-corrected chi connectivity index (χ2v) is 8.46. The van der Waals surface area contributed by atoms with Crippen LogP contribution in [0.2, 0.25) is 0 Å². The lowest BCUT2D eigenvalue weighted by atomic mass is 10.3. The highest BCUT2D eigenvalue weighted by atomic mass is 32.2. The zero-order chi connectivity index (χ0) is 14.9. The Bertz CT molecular complexity index is 688. The van der Waals surface area contributed by atoms with E-state index in [1.807, 2.05) is 31.2 Å². The minimum atomic E-state index is -3.35. The highest BCUT2D eigenvalue weighted by molar-refractivity contribution is 7.93. The molecule has 5 nitrogen and oxygen atoms in total. The second-order valence-electron chi connectivity index (χ2n) is 5.23. The van der Waals surface area contributed by atoms with Crippen LogP contribution in [0.25, 0.3) is 10.2 Å². The molecule has 3 rings (SSSR count). The third kappa shape index (κ3) is 3.26. The van der Waals surface area contributed by atoms with Gasteiger partial charge in [-0.1, -0.05) is 12.1 Å². The minimum Gasteiger partial charge on any atom is -0.379 e. The number of fused-ring (bicyclic) bond motifs is 1. The molecule has 21 heavy (non-hydrogen) atoms. The first-order chi connectivity index (χ1) is 10.1. The molecule has 2 heterocycles. The zero-order valence-corrected chi connectivity index (χ0v) is 13.5. The standard InChI is InChI=1S/C14H18N2O3S2/c1-11(16-6-8-19-9-7-16)10-21(17,18)14-15-12-4-2-3-5-13(12)20-14/h2-5,11H,6-10H2,1H3. The van der Waals surface area contributed by atoms with Crippen LogP contribution in [0, 0.1) is 0 Å². The summed E-state index contributed by atoms with van der Waals surface area (Å²) in [5.41, 5.74) is 0.750. The van der Waals surface area contributed by atoms with E-state index >= 15 is 0 Å². The van der Waals surface area contributed by atoms with Crippen molar-refractivity contribution in [3.8, 4) is 0 Å². The molecular weight excluding hydrogens is 308 g/mol. The number of benzene rings is 1. The van der Waals surface area contributed by atoms with E-state index in [9.17, 15) is 8.42 Å². The van der Waals surface area contributed by atoms with E-state index in [-0.39, 0.29) is 16.1 Å². The molecule has 2 aromatic rings. The maximum absolute atomic E-state index is 12.5. The van der Waals surface area contributed by atoms with Gasteiger partial charge in [0.25, 0.3) is 0 Å². The molecule has 0 aliphatic carbocycles. The number of hydrogen-bond acceptors (Lipinski definition) is 6. The average Bonchev–Trinajstić information content (AvgIpc) is 2.92. The molecule has 1 aliphatic heterocycles. The minimum absolute atomic E-state index is 0.0223. The molecule has 0 bridgehead atoms. The van der Waals surface area contributed by atoms with E-state index in [0.29, 0.717) is 13.2 Å². The van der Waals surface area contributed by atoms with Crippen molar-refractivity contribution in [1.29, 1.82) is 0 Å². The SMILES string of the molecule is CC(CS(=O)(=O)c1nc2ccccc2s1)N1CCOCC1. The summed E-state index contributed by atoms with van der Waals surface area (Å²) in [5.74, 6) is 0.104. The fourth-order valence-corrected chi connectivity index (χ4v) is 5.40. The maximum atomic E-state index is 12.5. The van der Waals surface area contributed by atoms with Gasteiger partial charge in [0.1, 0.15) is 0 Å². The number of sulfone groups is 1. The molecule has 7 heteroatoms. The van der Waals surface area contributed by atoms with Gasteiger partial charge in [-0.2, -0.15) is 0 Å². The first-order valence-electron chi connectivity index (χ1n) is 6.96. The van der Waals surface area contributed by atoms with E-state index < -0.39 is 9.84 Å². The molecule has 1 unspecified atom stereocenters. The van der Waals surface area contributed by atoms with Crippen molar-refractivity contribution < 1.29 is 13.2 Å². The van der Waals surface area contributed by atoms with E-state index in [4.69, 9.17) is 4.74 Å². The van der Waals surface area contributed by atoms with Crippen molar-refractivity contribution in [2.24, 2.45) is 0 Å². The molecular formula is C14H18N2O3S2. The summed E-state index contributed by atoms with van der Waals surface area (Å²) in [6, 6.07) is 7.49. The predicted octanol–water partition coefficient (Wildman–Crippen LogP) is 1.79. The Morgan fingerprint density at radius 3 is 2.76 bits per heavy atom. The van der Waals surface area contributed by atoms with Gasteiger partial charge in [-0.15, -0.1) is 11.3 Å². The van der Waals surface area contributed by atoms with Gasteiger partial charge in [0.15, 0.2) is 0 Å². The quantitative estimate of drug-likeness (QED) is 0.857. The lowest BCUT2D eigenvalue weighted by Gasteiger charge is -2.31. The smallest absolute Gasteiger partial charge is 0.210 e. The number of hydrogen-bond donors (Lipinski definition) is 0. The molecule has 1 aliphatic rings. The Labute approximate surface area is 128 Å². The van der Waals surface area contributed by atoms with Crippen LogP contribution in [0.15, 0.2) is 28.6 Å². The average molecular weight is 326 g/mol. The number of aromatic nitrogens is 1. The van der Waals surface area contributed by atoms with Gasteiger partial charge in [-0.3, -0.25) is 4.90 Å². The van der Waals surface area contributed by atoms with Crippen molar-refractivity contribution >= 4 is 31.4 Å². The Morgan fingerprint density at radius 1 is 1.33 bits per heavy atom. The van der Waals surface area contributed by atoms with Crippen LogP contribution in [0.4, 0.5) is 0 Å². The zero-order valence-electron chi connectivity index (χ0n) is 11.9. The summed E-state index contributed by atoms with van der Waals surface area (Å²) in [4.78, 5) is 6.43. The molecule has 1 saturated heterocycles. The number of morpholine rings is 1. The van der Waals surface area contributed by atoms with Crippen molar-refractivity contribution in [3.05, 3.63) is 24.3 Å². The molecule has 1 aromatic heterocycles. The molecule has 0 amide bonds. The van der Waals surface area contributed by atoms with Gasteiger partial charge < -0.3 is 4.74 Å². The van der Waals surface area contributed by atoms with Gasteiger partial charge in [0.05, 0.1) is 29.2 Å². The molecule has 0 saturated carbocycles. The summed E-state index contributed by atoms with van der Waals surface area (Å²) < 4.78 is 31.5. The van der Waals surface area contributed by atoms with Crippen molar-refractivity contribution in [2.45, 2.75) is 17.3 Å². The number of ether oxygens (including phenoxy) is 1. The van der Waals surface area contributed by atoms with Crippen molar-refractivity contribution in [3.63, 3.8) is 0 Å². The molecule has 1 atom stereocenters. The molecule has 114 valence electrons. The van der Waals surface area contributed by atoms with E-state index in [1.165, 1.54) is 11.3 Å². The maximum Gasteiger partial charge on any atom is 0.210 e. The van der Waals surface area contributed by atoms with Crippen LogP contribution in [0.3, 0.4) is 0 Å². The Hall–Kier alpha value is -1.02. The molecule has 0 spiro atoms. The molecule has 1 aromatic carbocycles. The van der Waals surface area contributed by atoms with Crippen LogP contribution < -0.4 is 0 Å². The first kappa shape index (κ1) is 14.9. The fourth-order valence-electron chi connectivity index (χ4n) is 2.50. The number of para-hydroxylation sites is 1. The van der Waals surface area contributed by atoms with E-state index in [0.717, 1.165) is 23.3 Å². The van der Waals surface area contributed by atoms with Crippen molar-refractivity contribution in [1.82, 2.24) is 9.88 Å². The summed E-state index contributed by atoms with van der Waals surface area (Å²) in [5, 5.41) is 0. The van der Waals surface area contributed by atoms with Crippen LogP contribution >= 0.6 is 11.3 Å². The highest BCUT2D eigenvalue weighted by Crippen LogP contribution is 2.26. The number of nitrogens with zero attached hydrogens (tertiary/aromatic N) is 2.